The van der Waals surface area contributed by atoms with Gasteiger partial charge in [-0.05, 0) is 169 Å². The minimum atomic E-state index is -4.41. The Hall–Kier alpha value is -3.39. The van der Waals surface area contributed by atoms with Crippen molar-refractivity contribution in [2.24, 2.45) is 0 Å². The first-order valence-corrected chi connectivity index (χ1v) is 23.3. The second-order valence-electron chi connectivity index (χ2n) is 13.3. The number of carboxylic acid groups (broad SMARTS) is 1. The fourth-order valence-corrected chi connectivity index (χ4v) is 10.9. The molecule has 0 spiro atoms. The maximum absolute atomic E-state index is 14.1. The van der Waals surface area contributed by atoms with Gasteiger partial charge in [0.1, 0.15) is 23.3 Å². The molecule has 58 heavy (non-hydrogen) atoms. The second kappa shape index (κ2) is 18.5. The lowest BCUT2D eigenvalue weighted by atomic mass is 10.0. The summed E-state index contributed by atoms with van der Waals surface area (Å²) in [6, 6.07) is 23.2. The van der Waals surface area contributed by atoms with E-state index in [4.69, 9.17) is 9.47 Å². The average molecular weight is 1250 g/mol. The first-order valence-electron chi connectivity index (χ1n) is 17.4. The maximum Gasteiger partial charge on any atom is 0.345 e. The summed E-state index contributed by atoms with van der Waals surface area (Å²) >= 11 is 8.29. The van der Waals surface area contributed by atoms with Crippen molar-refractivity contribution in [2.45, 2.75) is 39.3 Å². The number of aromatic hydroxyl groups is 1. The number of carbonyl (C=O) groups is 3. The summed E-state index contributed by atoms with van der Waals surface area (Å²) in [5.74, 6) is -1.48. The molecule has 1 unspecified atom stereocenters. The predicted molar refractivity (Wildman–Crippen MR) is 250 cm³/mol. The van der Waals surface area contributed by atoms with E-state index in [1.54, 1.807) is 74.5 Å². The van der Waals surface area contributed by atoms with Gasteiger partial charge in [-0.25, -0.2) is 18.0 Å². The first kappa shape index (κ1) is 44.2. The summed E-state index contributed by atoms with van der Waals surface area (Å²) in [5, 5.41) is 24.0. The van der Waals surface area contributed by atoms with Gasteiger partial charge in [0, 0.05) is 36.3 Å². The molecule has 0 aliphatic rings. The van der Waals surface area contributed by atoms with Crippen LogP contribution in [0, 0.1) is 28.1 Å². The Bertz CT molecular complexity index is 2640. The number of hydrogen-bond donors (Lipinski definition) is 3. The molecule has 3 N–H and O–H groups in total. The Balaban J connectivity index is 1.22. The number of amides is 1. The van der Waals surface area contributed by atoms with Crippen LogP contribution < -0.4 is 19.4 Å². The molecule has 1 amide bonds. The molecule has 17 heteroatoms. The highest BCUT2D eigenvalue weighted by Crippen LogP contribution is 2.37. The molecular formula is C41H32I4N2O10S. The van der Waals surface area contributed by atoms with Gasteiger partial charge in [-0.3, -0.25) is 4.79 Å². The van der Waals surface area contributed by atoms with E-state index in [0.29, 0.717) is 57.1 Å². The van der Waals surface area contributed by atoms with Crippen molar-refractivity contribution in [1.29, 1.82) is 0 Å². The van der Waals surface area contributed by atoms with Crippen molar-refractivity contribution in [2.75, 3.05) is 5.75 Å². The standard InChI is InChI=1S/C41H32I4N2O10S/c1-21-14-24(39(49)46-32(40(50)51)18-23-16-30(44)38(31(45)17-23)56-25-19-28(42)36(48)29(43)20-25)15-22(2)37(21)57-41(52)35-26-8-3-5-10-33(26)47(12-7-13-58(53,54)55)34-11-6-4-9-27(34)35/h3-6,8-11,14-17,19-20,32H,7,12-13,18H2,1-2H3,(H3-,46,48,49,50,51,53,54,55). The van der Waals surface area contributed by atoms with E-state index >= 15 is 0 Å². The summed E-state index contributed by atoms with van der Waals surface area (Å²) < 4.78 is 50.8. The summed E-state index contributed by atoms with van der Waals surface area (Å²) in [4.78, 5) is 40.1. The number of fused-ring (bicyclic) bond motifs is 2. The number of hydrogen-bond acceptors (Lipinski definition) is 9. The number of carboxylic acids is 1. The Morgan fingerprint density at radius 2 is 1.34 bits per heavy atom. The molecule has 1 atom stereocenters. The molecule has 0 bridgehead atoms. The van der Waals surface area contributed by atoms with Gasteiger partial charge in [0.05, 0.1) is 40.7 Å². The summed E-state index contributed by atoms with van der Waals surface area (Å²) in [5.41, 5.74) is 3.39. The van der Waals surface area contributed by atoms with Gasteiger partial charge in [-0.15, -0.1) is 0 Å². The van der Waals surface area contributed by atoms with Crippen LogP contribution in [-0.4, -0.2) is 52.8 Å². The van der Waals surface area contributed by atoms with Crippen molar-refractivity contribution < 1.29 is 51.6 Å². The van der Waals surface area contributed by atoms with Crippen LogP contribution in [-0.2, 0) is 27.9 Å². The summed E-state index contributed by atoms with van der Waals surface area (Å²) in [6.07, 6.45) is 0.0794. The molecule has 0 saturated carbocycles. The fourth-order valence-electron chi connectivity index (χ4n) is 6.59. The van der Waals surface area contributed by atoms with Crippen molar-refractivity contribution >= 4 is 140 Å². The van der Waals surface area contributed by atoms with E-state index in [1.807, 2.05) is 61.9 Å². The van der Waals surface area contributed by atoms with Crippen molar-refractivity contribution in [3.63, 3.8) is 0 Å². The van der Waals surface area contributed by atoms with Crippen molar-refractivity contribution in [1.82, 2.24) is 5.32 Å². The van der Waals surface area contributed by atoms with Crippen LogP contribution in [0.5, 0.6) is 23.0 Å². The van der Waals surface area contributed by atoms with Crippen LogP contribution in [0.2, 0.25) is 0 Å². The first-order chi connectivity index (χ1) is 27.4. The van der Waals surface area contributed by atoms with Crippen LogP contribution in [0.25, 0.3) is 21.8 Å². The van der Waals surface area contributed by atoms with Gasteiger partial charge >= 0.3 is 11.9 Å². The predicted octanol–water partition coefficient (Wildman–Crippen LogP) is 8.39. The number of phenolic OH excluding ortho intramolecular Hbond substituents is 1. The van der Waals surface area contributed by atoms with E-state index in [2.05, 4.69) is 50.5 Å². The number of esters is 1. The zero-order valence-electron chi connectivity index (χ0n) is 30.5. The molecule has 0 saturated heterocycles. The van der Waals surface area contributed by atoms with Crippen LogP contribution >= 0.6 is 90.4 Å². The molecule has 6 aromatic rings. The normalized spacial score (nSPS) is 12.1. The summed E-state index contributed by atoms with van der Waals surface area (Å²) in [6.45, 7) is 3.60. The largest absolute Gasteiger partial charge is 0.748 e. The number of aliphatic carboxylic acids is 1. The van der Waals surface area contributed by atoms with E-state index in [0.717, 1.165) is 7.14 Å². The molecule has 1 aromatic heterocycles. The molecule has 6 rings (SSSR count). The highest BCUT2D eigenvalue weighted by Gasteiger charge is 2.28. The SMILES string of the molecule is Cc1cc(C(=O)NC(Cc2cc(I)c(Oc3cc(I)c(O)c(I)c3)c(I)c2)C(=O)O)cc(C)c1OC(=O)c1c2ccccc2[n+](CCCS(=O)(=O)[O-])c2ccccc12. The van der Waals surface area contributed by atoms with Crippen molar-refractivity contribution in [3.05, 3.63) is 127 Å². The third-order valence-corrected chi connectivity index (χ3v) is 13.2. The van der Waals surface area contributed by atoms with E-state index in [9.17, 15) is 37.6 Å². The lowest BCUT2D eigenvalue weighted by molar-refractivity contribution is -0.645. The number of pyridine rings is 1. The number of aryl methyl sites for hydroxylation is 3. The number of halogens is 4. The molecule has 1 heterocycles. The third-order valence-electron chi connectivity index (χ3n) is 9.14. The highest BCUT2D eigenvalue weighted by atomic mass is 127. The van der Waals surface area contributed by atoms with Crippen LogP contribution in [0.3, 0.4) is 0 Å². The van der Waals surface area contributed by atoms with Gasteiger partial charge < -0.3 is 29.6 Å². The quantitative estimate of drug-likeness (QED) is 0.0254. The number of rotatable bonds is 13. The monoisotopic (exact) mass is 1250 g/mol. The van der Waals surface area contributed by atoms with E-state index in [1.165, 1.54) is 12.1 Å². The Labute approximate surface area is 388 Å². The number of benzene rings is 5. The van der Waals surface area contributed by atoms with Crippen LogP contribution in [0.4, 0.5) is 0 Å². The van der Waals surface area contributed by atoms with E-state index in [-0.39, 0.29) is 42.0 Å². The van der Waals surface area contributed by atoms with Gasteiger partial charge in [0.2, 0.25) is 11.0 Å². The van der Waals surface area contributed by atoms with Crippen LogP contribution in [0.1, 0.15) is 43.8 Å². The Kier molecular flexibility index (Phi) is 14.1. The zero-order chi connectivity index (χ0) is 42.1. The number of ether oxygens (including phenoxy) is 2. The second-order valence-corrected chi connectivity index (χ2v) is 19.5. The molecule has 0 fully saturated rings. The fraction of sp³-hybridized carbons (Fsp3) is 0.171. The molecule has 5 aromatic carbocycles. The molecule has 0 aliphatic carbocycles. The number of nitrogens with one attached hydrogen (secondary N) is 1. The lowest BCUT2D eigenvalue weighted by Crippen LogP contribution is -2.42. The third kappa shape index (κ3) is 10.1. The van der Waals surface area contributed by atoms with Crippen molar-refractivity contribution in [3.8, 4) is 23.0 Å². The van der Waals surface area contributed by atoms with Gasteiger partial charge in [0.25, 0.3) is 5.91 Å². The van der Waals surface area contributed by atoms with Crippen LogP contribution in [0.15, 0.2) is 84.9 Å². The van der Waals surface area contributed by atoms with Gasteiger partial charge in [-0.1, -0.05) is 24.3 Å². The molecule has 12 nitrogen and oxygen atoms in total. The van der Waals surface area contributed by atoms with Gasteiger partial charge in [-0.2, -0.15) is 4.57 Å². The average Bonchev–Trinajstić information content (AvgIpc) is 3.15. The zero-order valence-corrected chi connectivity index (χ0v) is 40.0. The Morgan fingerprint density at radius 3 is 1.86 bits per heavy atom. The molecule has 0 aliphatic heterocycles. The molecule has 300 valence electrons. The number of aromatic nitrogens is 1. The highest BCUT2D eigenvalue weighted by molar-refractivity contribution is 14.1. The minimum Gasteiger partial charge on any atom is -0.748 e. The molecular weight excluding hydrogens is 1220 g/mol. The van der Waals surface area contributed by atoms with E-state index < -0.39 is 39.8 Å². The maximum atomic E-state index is 14.1. The topological polar surface area (TPSA) is 183 Å². The number of carbonyl (C=O) groups excluding carboxylic acids is 2. The smallest absolute Gasteiger partial charge is 0.345 e. The number of para-hydroxylation sites is 2. The van der Waals surface area contributed by atoms with Gasteiger partial charge in [0.15, 0.2) is 12.3 Å². The minimum absolute atomic E-state index is 0.00719. The number of phenols is 1. The number of nitrogens with zero attached hydrogens (tertiary/aromatic N) is 1. The summed E-state index contributed by atoms with van der Waals surface area (Å²) in [7, 11) is -4.41. The lowest BCUT2D eigenvalue weighted by Gasteiger charge is -2.18. The Morgan fingerprint density at radius 1 is 0.810 bits per heavy atom. The molecule has 0 radical (unpaired) electrons.